The van der Waals surface area contributed by atoms with Crippen LogP contribution in [0.3, 0.4) is 0 Å². The van der Waals surface area contributed by atoms with Crippen LogP contribution >= 0.6 is 0 Å². The Bertz CT molecular complexity index is 135. The minimum absolute atomic E-state index is 0.0611. The molecular weight excluding hydrogens is 529 g/mol. The fraction of sp³-hybridized carbons (Fsp3) is 1.00. The van der Waals surface area contributed by atoms with E-state index >= 15 is 0 Å². The third kappa shape index (κ3) is 2.89. The molecule has 0 spiro atoms. The molecule has 0 aromatic rings. The van der Waals surface area contributed by atoms with Crippen molar-refractivity contribution in [3.8, 4) is 0 Å². The van der Waals surface area contributed by atoms with Gasteiger partial charge >= 0.3 is 108 Å². The molecule has 0 bridgehead atoms. The minimum atomic E-state index is 0.0611. The van der Waals surface area contributed by atoms with Crippen LogP contribution in [0.2, 0.25) is 7.86 Å². The van der Waals surface area contributed by atoms with E-state index in [1.54, 1.807) is 0 Å². The molecular formula is C8H14Hg2O2. The maximum atomic E-state index is 5.88. The third-order valence-corrected chi connectivity index (χ3v) is 10.7. The molecule has 1 saturated heterocycles. The molecule has 0 amide bonds. The summed E-state index contributed by atoms with van der Waals surface area (Å²) in [6.45, 7) is 5.98. The van der Waals surface area contributed by atoms with Crippen molar-refractivity contribution in [1.82, 2.24) is 0 Å². The molecule has 12 heavy (non-hydrogen) atoms. The van der Waals surface area contributed by atoms with Gasteiger partial charge in [0.25, 0.3) is 0 Å². The zero-order chi connectivity index (χ0) is 9.24. The number of hydrogen-bond acceptors (Lipinski definition) is 2. The first-order chi connectivity index (χ1) is 5.54. The molecule has 2 atom stereocenters. The Labute approximate surface area is 107 Å². The fourth-order valence-corrected chi connectivity index (χ4v) is 3.27. The first-order valence-corrected chi connectivity index (χ1v) is 12.2. The molecule has 0 aromatic heterocycles. The first-order valence-electron chi connectivity index (χ1n) is 4.40. The van der Waals surface area contributed by atoms with Crippen molar-refractivity contribution in [3.05, 3.63) is 0 Å². The van der Waals surface area contributed by atoms with Crippen molar-refractivity contribution >= 4 is 0 Å². The van der Waals surface area contributed by atoms with Crippen LogP contribution in [0.4, 0.5) is 0 Å². The number of rotatable bonds is 2. The van der Waals surface area contributed by atoms with Gasteiger partial charge in [-0.15, -0.1) is 0 Å². The Balaban J connectivity index is 2.49. The summed E-state index contributed by atoms with van der Waals surface area (Å²) >= 11 is 1.63. The normalized spacial score (nSPS) is 43.2. The number of hydrogen-bond donors (Lipinski definition) is 0. The fourth-order valence-electron chi connectivity index (χ4n) is 1.03. The predicted molar refractivity (Wildman–Crippen MR) is 38.3 cm³/mol. The van der Waals surface area contributed by atoms with Crippen LogP contribution in [0.25, 0.3) is 0 Å². The molecule has 0 aromatic carbocycles. The average Bonchev–Trinajstić information content (AvgIpc) is 2.11. The van der Waals surface area contributed by atoms with Gasteiger partial charge in [0.1, 0.15) is 0 Å². The van der Waals surface area contributed by atoms with E-state index in [0.29, 0.717) is 0 Å². The van der Waals surface area contributed by atoms with Crippen LogP contribution in [-0.4, -0.2) is 24.4 Å². The van der Waals surface area contributed by atoms with Crippen molar-refractivity contribution in [2.75, 3.05) is 13.2 Å². The topological polar surface area (TPSA) is 18.5 Å². The first kappa shape index (κ1) is 11.9. The zero-order valence-corrected chi connectivity index (χ0v) is 19.1. The Hall–Kier alpha value is 1.79. The van der Waals surface area contributed by atoms with Gasteiger partial charge in [0.05, 0.1) is 0 Å². The molecule has 0 aliphatic carbocycles. The third-order valence-electron chi connectivity index (χ3n) is 2.51. The van der Waals surface area contributed by atoms with Crippen LogP contribution in [0, 0.1) is 0 Å². The molecule has 4 heteroatoms. The summed E-state index contributed by atoms with van der Waals surface area (Å²) in [5.41, 5.74) is 0.122. The van der Waals surface area contributed by atoms with Gasteiger partial charge in [0.15, 0.2) is 0 Å². The van der Waals surface area contributed by atoms with Gasteiger partial charge in [-0.1, -0.05) is 0 Å². The van der Waals surface area contributed by atoms with E-state index in [-0.39, 0.29) is 11.2 Å². The van der Waals surface area contributed by atoms with Gasteiger partial charge in [-0.25, -0.2) is 0 Å². The Morgan fingerprint density at radius 2 is 1.33 bits per heavy atom. The van der Waals surface area contributed by atoms with Crippen molar-refractivity contribution < 1.29 is 61.7 Å². The van der Waals surface area contributed by atoms with Crippen LogP contribution < -0.4 is 0 Å². The van der Waals surface area contributed by atoms with Gasteiger partial charge in [0, 0.05) is 0 Å². The van der Waals surface area contributed by atoms with E-state index in [2.05, 4.69) is 13.8 Å². The van der Waals surface area contributed by atoms with E-state index in [0.717, 1.165) is 65.5 Å². The second-order valence-corrected chi connectivity index (χ2v) is 7.86. The van der Waals surface area contributed by atoms with E-state index in [1.807, 2.05) is 0 Å². The predicted octanol–water partition coefficient (Wildman–Crippen LogP) is 1.48. The molecule has 2 nitrogen and oxygen atoms in total. The Morgan fingerprint density at radius 3 is 1.50 bits per heavy atom. The van der Waals surface area contributed by atoms with Gasteiger partial charge in [-0.05, 0) is 0 Å². The molecule has 1 rings (SSSR count). The van der Waals surface area contributed by atoms with E-state index in [4.69, 9.17) is 9.47 Å². The SMILES string of the molecule is CC1([CH2][Hg])COC(C)([CH2][Hg])CO1. The molecule has 0 N–H and O–H groups in total. The summed E-state index contributed by atoms with van der Waals surface area (Å²) in [6, 6.07) is 0. The molecule has 0 saturated carbocycles. The van der Waals surface area contributed by atoms with Gasteiger partial charge in [-0.2, -0.15) is 0 Å². The van der Waals surface area contributed by atoms with Crippen molar-refractivity contribution in [2.45, 2.75) is 32.9 Å². The summed E-state index contributed by atoms with van der Waals surface area (Å²) < 4.78 is 14.2. The van der Waals surface area contributed by atoms with Crippen LogP contribution in [0.1, 0.15) is 13.8 Å². The molecule has 1 aliphatic heterocycles. The summed E-state index contributed by atoms with van der Waals surface area (Å²) in [5, 5.41) is 0. The number of ether oxygens (including phenoxy) is 2. The van der Waals surface area contributed by atoms with Crippen LogP contribution in [0.5, 0.6) is 0 Å². The van der Waals surface area contributed by atoms with Crippen molar-refractivity contribution in [2.24, 2.45) is 0 Å². The average molecular weight is 543 g/mol. The second-order valence-electron chi connectivity index (χ2n) is 3.98. The van der Waals surface area contributed by atoms with Gasteiger partial charge in [0.2, 0.25) is 0 Å². The molecule has 0 radical (unpaired) electrons. The summed E-state index contributed by atoms with van der Waals surface area (Å²) in [5.74, 6) is 0. The summed E-state index contributed by atoms with van der Waals surface area (Å²) in [4.78, 5) is 0. The van der Waals surface area contributed by atoms with Gasteiger partial charge in [-0.3, -0.25) is 0 Å². The summed E-state index contributed by atoms with van der Waals surface area (Å²) in [7, 11) is 0. The van der Waals surface area contributed by atoms with E-state index in [9.17, 15) is 0 Å². The molecule has 1 heterocycles. The monoisotopic (exact) mass is 546 g/mol. The zero-order valence-electron chi connectivity index (χ0n) is 8.06. The quantitative estimate of drug-likeness (QED) is 0.492. The second kappa shape index (κ2) is 4.54. The molecule has 62 valence electrons. The molecule has 1 aliphatic rings. The Kier molecular flexibility index (Phi) is 4.49. The van der Waals surface area contributed by atoms with E-state index < -0.39 is 0 Å². The van der Waals surface area contributed by atoms with Gasteiger partial charge < -0.3 is 0 Å². The van der Waals surface area contributed by atoms with Crippen molar-refractivity contribution in [3.63, 3.8) is 0 Å². The summed E-state index contributed by atoms with van der Waals surface area (Å²) in [6.07, 6.45) is 0. The molecule has 1 fully saturated rings. The van der Waals surface area contributed by atoms with Crippen molar-refractivity contribution in [1.29, 1.82) is 0 Å². The van der Waals surface area contributed by atoms with Crippen LogP contribution in [-0.2, 0) is 61.7 Å². The van der Waals surface area contributed by atoms with Crippen LogP contribution in [0.15, 0.2) is 0 Å². The Morgan fingerprint density at radius 1 is 1.00 bits per heavy atom. The molecule has 2 unspecified atom stereocenters. The maximum absolute atomic E-state index is 5.88. The standard InChI is InChI=1S/C8H14O2.2Hg/c1-7(2)5-10-8(3,4)6-9-7;;/h1,3,5-6H2,2,4H3;;. The van der Waals surface area contributed by atoms with E-state index in [1.165, 1.54) is 7.86 Å².